The molecule has 0 radical (unpaired) electrons. The molecule has 1 aliphatic heterocycles. The molecular formula is C34H45N6O11P. The van der Waals surface area contributed by atoms with Crippen molar-refractivity contribution in [3.05, 3.63) is 54.0 Å². The van der Waals surface area contributed by atoms with Gasteiger partial charge in [-0.05, 0) is 56.0 Å². The van der Waals surface area contributed by atoms with Crippen LogP contribution in [0.25, 0.3) is 5.52 Å². The topological polar surface area (TPSA) is 225 Å². The van der Waals surface area contributed by atoms with E-state index < -0.39 is 67.8 Å². The van der Waals surface area contributed by atoms with Gasteiger partial charge in [-0.1, -0.05) is 32.9 Å². The first-order valence-electron chi connectivity index (χ1n) is 16.3. The van der Waals surface area contributed by atoms with Crippen molar-refractivity contribution in [3.63, 3.8) is 0 Å². The first-order valence-corrected chi connectivity index (χ1v) is 17.9. The van der Waals surface area contributed by atoms with E-state index in [-0.39, 0.29) is 29.3 Å². The van der Waals surface area contributed by atoms with Crippen LogP contribution in [-0.4, -0.2) is 82.8 Å². The summed E-state index contributed by atoms with van der Waals surface area (Å²) in [7, 11) is -3.08. The molecule has 1 fully saturated rings. The number of nitrogens with two attached hydrogens (primary N) is 1. The monoisotopic (exact) mass is 744 g/mol. The van der Waals surface area contributed by atoms with E-state index in [1.54, 1.807) is 31.2 Å². The number of rotatable bonds is 14. The number of fused-ring (bicyclic) bond motifs is 1. The maximum atomic E-state index is 14.6. The molecule has 7 atom stereocenters. The summed E-state index contributed by atoms with van der Waals surface area (Å²) in [4.78, 5) is 42.0. The average molecular weight is 745 g/mol. The number of carbonyl (C=O) groups is 3. The molecule has 0 spiro atoms. The molecule has 4 rings (SSSR count). The van der Waals surface area contributed by atoms with Crippen LogP contribution in [0.5, 0.6) is 5.75 Å². The molecule has 0 amide bonds. The highest BCUT2D eigenvalue weighted by molar-refractivity contribution is 7.52. The molecule has 17 nitrogen and oxygen atoms in total. The number of ether oxygens (including phenoxy) is 5. The Morgan fingerprint density at radius 3 is 2.38 bits per heavy atom. The van der Waals surface area contributed by atoms with E-state index in [1.807, 2.05) is 20.8 Å². The van der Waals surface area contributed by atoms with Crippen LogP contribution in [0.1, 0.15) is 66.6 Å². The number of nitrogens with one attached hydrogen (secondary N) is 1. The summed E-state index contributed by atoms with van der Waals surface area (Å²) in [6.07, 6.45) is -2.31. The zero-order valence-electron chi connectivity index (χ0n) is 30.6. The molecule has 2 aromatic heterocycles. The van der Waals surface area contributed by atoms with Gasteiger partial charge in [0.2, 0.25) is 5.60 Å². The first-order chi connectivity index (χ1) is 24.3. The second-order valence-electron chi connectivity index (χ2n) is 13.6. The van der Waals surface area contributed by atoms with Crippen molar-refractivity contribution in [2.45, 2.75) is 96.4 Å². The maximum Gasteiger partial charge on any atom is 0.459 e. The smallest absolute Gasteiger partial charge is 0.459 e. The number of methoxy groups -OCH3 is 1. The van der Waals surface area contributed by atoms with Gasteiger partial charge in [0.15, 0.2) is 17.5 Å². The number of anilines is 1. The van der Waals surface area contributed by atoms with Crippen LogP contribution in [0, 0.1) is 11.3 Å². The van der Waals surface area contributed by atoms with E-state index in [0.29, 0.717) is 5.52 Å². The second kappa shape index (κ2) is 15.6. The highest BCUT2D eigenvalue weighted by atomic mass is 31.2. The summed E-state index contributed by atoms with van der Waals surface area (Å²) in [5, 5.41) is 17.6. The minimum atomic E-state index is -4.54. The fourth-order valence-electron chi connectivity index (χ4n) is 5.63. The van der Waals surface area contributed by atoms with E-state index >= 15 is 0 Å². The largest absolute Gasteiger partial charge is 0.462 e. The SMILES string of the molecule is COC(C)COC(=O)[C@H](C)NP(=O)(OC[C@H]1O[C@@](C#N)(c2ccc3c(N)ncnn23)[C@H](OC(C)=O)[C@]1(C)OC(C)=O)Oc1ccc(C(C)(C)C)cc1. The third-order valence-electron chi connectivity index (χ3n) is 8.44. The molecule has 3 aromatic rings. The van der Waals surface area contributed by atoms with Gasteiger partial charge in [0, 0.05) is 21.0 Å². The van der Waals surface area contributed by atoms with Gasteiger partial charge in [0.1, 0.15) is 42.4 Å². The van der Waals surface area contributed by atoms with Gasteiger partial charge in [-0.2, -0.15) is 15.4 Å². The van der Waals surface area contributed by atoms with Gasteiger partial charge in [-0.25, -0.2) is 14.1 Å². The molecule has 1 aliphatic rings. The Labute approximate surface area is 301 Å². The number of nitrogens with zero attached hydrogens (tertiary/aromatic N) is 4. The van der Waals surface area contributed by atoms with Crippen LogP contribution in [0.15, 0.2) is 42.7 Å². The number of nitrogen functional groups attached to an aromatic ring is 1. The van der Waals surface area contributed by atoms with Crippen molar-refractivity contribution < 1.29 is 51.7 Å². The van der Waals surface area contributed by atoms with E-state index in [1.165, 1.54) is 37.6 Å². The summed E-state index contributed by atoms with van der Waals surface area (Å²) in [5.74, 6) is -2.20. The Balaban J connectivity index is 1.75. The Morgan fingerprint density at radius 1 is 1.13 bits per heavy atom. The third kappa shape index (κ3) is 8.54. The molecule has 1 saturated heterocycles. The summed E-state index contributed by atoms with van der Waals surface area (Å²) in [6.45, 7) is 12.1. The number of hydrogen-bond acceptors (Lipinski definition) is 15. The van der Waals surface area contributed by atoms with Crippen LogP contribution < -0.4 is 15.3 Å². The summed E-state index contributed by atoms with van der Waals surface area (Å²) >= 11 is 0. The van der Waals surface area contributed by atoms with Crippen LogP contribution in [0.3, 0.4) is 0 Å². The molecule has 0 saturated carbocycles. The predicted octanol–water partition coefficient (Wildman–Crippen LogP) is 3.74. The van der Waals surface area contributed by atoms with Gasteiger partial charge in [0.25, 0.3) is 0 Å². The van der Waals surface area contributed by atoms with E-state index in [4.69, 9.17) is 38.5 Å². The van der Waals surface area contributed by atoms with Gasteiger partial charge < -0.3 is 33.9 Å². The summed E-state index contributed by atoms with van der Waals surface area (Å²) < 4.78 is 55.9. The fraction of sp³-hybridized carbons (Fsp3) is 0.529. The minimum Gasteiger partial charge on any atom is -0.462 e. The molecule has 0 aliphatic carbocycles. The molecule has 18 heteroatoms. The van der Waals surface area contributed by atoms with Gasteiger partial charge in [0.05, 0.1) is 18.4 Å². The van der Waals surface area contributed by atoms with Crippen molar-refractivity contribution in [2.24, 2.45) is 0 Å². The quantitative estimate of drug-likeness (QED) is 0.136. The fourth-order valence-corrected chi connectivity index (χ4v) is 7.12. The van der Waals surface area contributed by atoms with Crippen molar-refractivity contribution >= 4 is 37.0 Å². The Kier molecular flexibility index (Phi) is 12.0. The molecule has 3 N–H and O–H groups in total. The Morgan fingerprint density at radius 2 is 1.81 bits per heavy atom. The number of aromatic nitrogens is 3. The number of hydrogen-bond donors (Lipinski definition) is 2. The highest BCUT2D eigenvalue weighted by Gasteiger charge is 2.69. The zero-order chi connectivity index (χ0) is 38.6. The maximum absolute atomic E-state index is 14.6. The van der Waals surface area contributed by atoms with Crippen LogP contribution in [0.2, 0.25) is 0 Å². The molecule has 2 unspecified atom stereocenters. The lowest BCUT2D eigenvalue weighted by molar-refractivity contribution is -0.182. The first kappa shape index (κ1) is 40.2. The van der Waals surface area contributed by atoms with Gasteiger partial charge in [-0.15, -0.1) is 0 Å². The van der Waals surface area contributed by atoms with Crippen molar-refractivity contribution in [1.29, 1.82) is 5.26 Å². The van der Waals surface area contributed by atoms with Crippen LogP contribution >= 0.6 is 7.75 Å². The molecular weight excluding hydrogens is 699 g/mol. The van der Waals surface area contributed by atoms with Gasteiger partial charge in [-0.3, -0.25) is 18.9 Å². The van der Waals surface area contributed by atoms with Crippen molar-refractivity contribution in [1.82, 2.24) is 19.7 Å². The minimum absolute atomic E-state index is 0.0596. The zero-order valence-corrected chi connectivity index (χ0v) is 31.5. The highest BCUT2D eigenvalue weighted by Crippen LogP contribution is 2.52. The molecule has 282 valence electrons. The van der Waals surface area contributed by atoms with Crippen molar-refractivity contribution in [2.75, 3.05) is 26.1 Å². The molecule has 1 aromatic carbocycles. The lowest BCUT2D eigenvalue weighted by Gasteiger charge is -2.35. The Hall–Kier alpha value is -4.59. The van der Waals surface area contributed by atoms with Crippen LogP contribution in [0.4, 0.5) is 5.82 Å². The standard InChI is InChI=1S/C34H45N6O11P/c1-20(45-9)16-46-30(43)21(2)39-52(44,51-25-12-10-24(11-13-25)32(5,6)7)47-17-28-33(8,49-23(4)42)31(48-22(3)41)34(18-35,50-28)27-15-14-26-29(36)37-19-38-40(26)27/h10-15,19-21,28,31H,16-17H2,1-9H3,(H,39,44)(H2,36,37,38)/t20?,21-,28+,31+,33+,34-,52?/m0/s1. The number of nitriles is 1. The van der Waals surface area contributed by atoms with Gasteiger partial charge >= 0.3 is 25.7 Å². The normalized spacial score (nSPS) is 23.9. The van der Waals surface area contributed by atoms with Crippen molar-refractivity contribution in [3.8, 4) is 11.8 Å². The van der Waals surface area contributed by atoms with E-state index in [0.717, 1.165) is 25.7 Å². The number of benzene rings is 1. The molecule has 52 heavy (non-hydrogen) atoms. The predicted molar refractivity (Wildman–Crippen MR) is 185 cm³/mol. The third-order valence-corrected chi connectivity index (χ3v) is 10.1. The number of esters is 3. The van der Waals surface area contributed by atoms with E-state index in [2.05, 4.69) is 21.2 Å². The molecule has 3 heterocycles. The Bertz CT molecular complexity index is 1870. The number of carbonyl (C=O) groups excluding carboxylic acids is 3. The summed E-state index contributed by atoms with van der Waals surface area (Å²) in [6, 6.07) is 10.7. The lowest BCUT2D eigenvalue weighted by atomic mass is 9.84. The molecule has 0 bridgehead atoms. The van der Waals surface area contributed by atoms with Crippen LogP contribution in [-0.2, 0) is 58.2 Å². The lowest BCUT2D eigenvalue weighted by Crippen LogP contribution is -2.54. The average Bonchev–Trinajstić information content (AvgIpc) is 3.60. The van der Waals surface area contributed by atoms with E-state index in [9.17, 15) is 24.2 Å². The summed E-state index contributed by atoms with van der Waals surface area (Å²) in [5.41, 5.74) is 3.07. The second-order valence-corrected chi connectivity index (χ2v) is 15.3.